The van der Waals surface area contributed by atoms with Gasteiger partial charge in [0.1, 0.15) is 5.82 Å². The number of hydrogen-bond acceptors (Lipinski definition) is 1. The molecule has 0 fully saturated rings. The number of nitrogens with one attached hydrogen (secondary N) is 1. The van der Waals surface area contributed by atoms with Crippen molar-refractivity contribution in [3.05, 3.63) is 28.0 Å². The van der Waals surface area contributed by atoms with Gasteiger partial charge in [-0.05, 0) is 40.5 Å². The summed E-state index contributed by atoms with van der Waals surface area (Å²) < 4.78 is 13.5. The number of amides is 1. The van der Waals surface area contributed by atoms with Crippen LogP contribution in [0.25, 0.3) is 0 Å². The Morgan fingerprint density at radius 3 is 2.44 bits per heavy atom. The highest BCUT2D eigenvalue weighted by Gasteiger charge is 2.22. The molecule has 0 aliphatic heterocycles. The Morgan fingerprint density at radius 2 is 1.94 bits per heavy atom. The fourth-order valence-corrected chi connectivity index (χ4v) is 1.43. The fourth-order valence-electron chi connectivity index (χ4n) is 1.09. The zero-order valence-corrected chi connectivity index (χ0v) is 11.4. The standard InChI is InChI=1S/C12H15BrFNO/c1-7-5-9(14)8(13)6-10(7)15-11(16)12(2,3)4/h5-6H,1-4H3,(H,15,16). The average molecular weight is 288 g/mol. The van der Waals surface area contributed by atoms with Crippen molar-refractivity contribution in [3.8, 4) is 0 Å². The highest BCUT2D eigenvalue weighted by Crippen LogP contribution is 2.26. The number of carbonyl (C=O) groups excluding carboxylic acids is 1. The molecule has 1 N–H and O–H groups in total. The zero-order chi connectivity index (χ0) is 12.5. The van der Waals surface area contributed by atoms with Crippen LogP contribution >= 0.6 is 15.9 Å². The summed E-state index contributed by atoms with van der Waals surface area (Å²) >= 11 is 3.09. The second kappa shape index (κ2) is 4.53. The summed E-state index contributed by atoms with van der Waals surface area (Å²) in [4.78, 5) is 11.8. The molecule has 88 valence electrons. The van der Waals surface area contributed by atoms with E-state index in [9.17, 15) is 9.18 Å². The molecule has 0 atom stereocenters. The number of rotatable bonds is 1. The summed E-state index contributed by atoms with van der Waals surface area (Å²) in [5.41, 5.74) is 0.874. The van der Waals surface area contributed by atoms with Crippen LogP contribution in [-0.4, -0.2) is 5.91 Å². The number of benzene rings is 1. The lowest BCUT2D eigenvalue weighted by Gasteiger charge is -2.19. The summed E-state index contributed by atoms with van der Waals surface area (Å²) in [6.45, 7) is 7.25. The first kappa shape index (κ1) is 13.2. The first-order valence-electron chi connectivity index (χ1n) is 4.99. The number of aryl methyl sites for hydroxylation is 1. The number of halogens is 2. The van der Waals surface area contributed by atoms with Gasteiger partial charge in [-0.2, -0.15) is 0 Å². The van der Waals surface area contributed by atoms with Gasteiger partial charge >= 0.3 is 0 Å². The molecular formula is C12H15BrFNO. The highest BCUT2D eigenvalue weighted by atomic mass is 79.9. The molecule has 0 radical (unpaired) electrons. The maximum Gasteiger partial charge on any atom is 0.229 e. The molecule has 1 aromatic carbocycles. The van der Waals surface area contributed by atoms with Gasteiger partial charge in [-0.3, -0.25) is 4.79 Å². The molecule has 0 heterocycles. The van der Waals surface area contributed by atoms with E-state index in [4.69, 9.17) is 0 Å². The van der Waals surface area contributed by atoms with Crippen LogP contribution in [0, 0.1) is 18.2 Å². The van der Waals surface area contributed by atoms with Crippen LogP contribution in [0.1, 0.15) is 26.3 Å². The molecule has 0 aromatic heterocycles. The minimum atomic E-state index is -0.465. The van der Waals surface area contributed by atoms with Crippen LogP contribution in [0.15, 0.2) is 16.6 Å². The second-order valence-corrected chi connectivity index (χ2v) is 5.64. The molecule has 0 bridgehead atoms. The quantitative estimate of drug-likeness (QED) is 0.834. The Kier molecular flexibility index (Phi) is 3.73. The van der Waals surface area contributed by atoms with E-state index < -0.39 is 5.41 Å². The van der Waals surface area contributed by atoms with Crippen molar-refractivity contribution >= 4 is 27.5 Å². The lowest BCUT2D eigenvalue weighted by molar-refractivity contribution is -0.123. The molecule has 0 unspecified atom stereocenters. The zero-order valence-electron chi connectivity index (χ0n) is 9.82. The number of carbonyl (C=O) groups is 1. The van der Waals surface area contributed by atoms with Gasteiger partial charge in [0.2, 0.25) is 5.91 Å². The molecule has 0 saturated carbocycles. The van der Waals surface area contributed by atoms with Gasteiger partial charge in [0.15, 0.2) is 0 Å². The Balaban J connectivity index is 2.99. The maximum atomic E-state index is 13.2. The molecule has 4 heteroatoms. The first-order valence-corrected chi connectivity index (χ1v) is 5.78. The van der Waals surface area contributed by atoms with Crippen LogP contribution in [0.2, 0.25) is 0 Å². The third-order valence-electron chi connectivity index (χ3n) is 2.20. The third-order valence-corrected chi connectivity index (χ3v) is 2.80. The molecule has 0 aliphatic rings. The lowest BCUT2D eigenvalue weighted by Crippen LogP contribution is -2.27. The topological polar surface area (TPSA) is 29.1 Å². The van der Waals surface area contributed by atoms with Crippen molar-refractivity contribution in [1.82, 2.24) is 0 Å². The summed E-state index contributed by atoms with van der Waals surface area (Å²) in [6.07, 6.45) is 0. The maximum absolute atomic E-state index is 13.2. The van der Waals surface area contributed by atoms with E-state index in [1.165, 1.54) is 6.07 Å². The van der Waals surface area contributed by atoms with Crippen molar-refractivity contribution in [2.24, 2.45) is 5.41 Å². The third kappa shape index (κ3) is 3.04. The minimum absolute atomic E-state index is 0.0888. The molecule has 1 aromatic rings. The molecule has 0 aliphatic carbocycles. The smallest absolute Gasteiger partial charge is 0.229 e. The lowest BCUT2D eigenvalue weighted by atomic mass is 9.95. The molecule has 2 nitrogen and oxygen atoms in total. The monoisotopic (exact) mass is 287 g/mol. The number of anilines is 1. The van der Waals surface area contributed by atoms with E-state index in [-0.39, 0.29) is 11.7 Å². The average Bonchev–Trinajstić information content (AvgIpc) is 2.12. The summed E-state index contributed by atoms with van der Waals surface area (Å²) in [5, 5.41) is 2.78. The minimum Gasteiger partial charge on any atom is -0.325 e. The van der Waals surface area contributed by atoms with Gasteiger partial charge in [0.25, 0.3) is 0 Å². The van der Waals surface area contributed by atoms with Gasteiger partial charge in [-0.1, -0.05) is 20.8 Å². The van der Waals surface area contributed by atoms with Gasteiger partial charge < -0.3 is 5.32 Å². The highest BCUT2D eigenvalue weighted by molar-refractivity contribution is 9.10. The van der Waals surface area contributed by atoms with Crippen molar-refractivity contribution < 1.29 is 9.18 Å². The first-order chi connectivity index (χ1) is 7.21. The Morgan fingerprint density at radius 1 is 1.38 bits per heavy atom. The van der Waals surface area contributed by atoms with E-state index in [1.807, 2.05) is 20.8 Å². The molecule has 1 rings (SSSR count). The van der Waals surface area contributed by atoms with Gasteiger partial charge in [-0.15, -0.1) is 0 Å². The fraction of sp³-hybridized carbons (Fsp3) is 0.417. The molecule has 1 amide bonds. The van der Waals surface area contributed by atoms with E-state index in [0.717, 1.165) is 0 Å². The SMILES string of the molecule is Cc1cc(F)c(Br)cc1NC(=O)C(C)(C)C. The van der Waals surface area contributed by atoms with Gasteiger partial charge in [0.05, 0.1) is 4.47 Å². The van der Waals surface area contributed by atoms with Crippen LogP contribution in [0.4, 0.5) is 10.1 Å². The predicted octanol–water partition coefficient (Wildman–Crippen LogP) is 3.88. The van der Waals surface area contributed by atoms with E-state index in [0.29, 0.717) is 15.7 Å². The largest absolute Gasteiger partial charge is 0.325 e. The van der Waals surface area contributed by atoms with Crippen LogP contribution in [0.5, 0.6) is 0 Å². The van der Waals surface area contributed by atoms with Crippen molar-refractivity contribution in [3.63, 3.8) is 0 Å². The van der Waals surface area contributed by atoms with E-state index in [1.54, 1.807) is 13.0 Å². The molecule has 0 saturated heterocycles. The van der Waals surface area contributed by atoms with Crippen LogP contribution in [-0.2, 0) is 4.79 Å². The van der Waals surface area contributed by atoms with Crippen molar-refractivity contribution in [2.45, 2.75) is 27.7 Å². The number of hydrogen-bond donors (Lipinski definition) is 1. The van der Waals surface area contributed by atoms with Crippen molar-refractivity contribution in [1.29, 1.82) is 0 Å². The Bertz CT molecular complexity index is 424. The summed E-state index contributed by atoms with van der Waals surface area (Å²) in [5.74, 6) is -0.416. The molecule has 0 spiro atoms. The predicted molar refractivity (Wildman–Crippen MR) is 66.9 cm³/mol. The summed E-state index contributed by atoms with van der Waals surface area (Å²) in [7, 11) is 0. The Labute approximate surface area is 103 Å². The second-order valence-electron chi connectivity index (χ2n) is 4.79. The van der Waals surface area contributed by atoms with Gasteiger partial charge in [-0.25, -0.2) is 4.39 Å². The normalized spacial score (nSPS) is 11.4. The van der Waals surface area contributed by atoms with Crippen LogP contribution < -0.4 is 5.32 Å². The molecular weight excluding hydrogens is 273 g/mol. The van der Waals surface area contributed by atoms with Crippen LogP contribution in [0.3, 0.4) is 0 Å². The summed E-state index contributed by atoms with van der Waals surface area (Å²) in [6, 6.07) is 2.97. The van der Waals surface area contributed by atoms with Crippen molar-refractivity contribution in [2.75, 3.05) is 5.32 Å². The molecule has 16 heavy (non-hydrogen) atoms. The van der Waals surface area contributed by atoms with Gasteiger partial charge in [0, 0.05) is 11.1 Å². The van der Waals surface area contributed by atoms with E-state index in [2.05, 4.69) is 21.2 Å². The Hall–Kier alpha value is -0.900. The van der Waals surface area contributed by atoms with E-state index >= 15 is 0 Å².